The Morgan fingerprint density at radius 2 is 1.73 bits per heavy atom. The van der Waals surface area contributed by atoms with Gasteiger partial charge in [-0.2, -0.15) is 13.2 Å². The smallest absolute Gasteiger partial charge is 0.295 e. The van der Waals surface area contributed by atoms with Crippen molar-refractivity contribution in [2.75, 3.05) is 0 Å². The number of carbonyl (C=O) groups excluding carboxylic acids is 1. The molecule has 0 amide bonds. The van der Waals surface area contributed by atoms with Gasteiger partial charge in [-0.1, -0.05) is 12.1 Å². The lowest BCUT2D eigenvalue weighted by Crippen LogP contribution is -2.12. The van der Waals surface area contributed by atoms with Crippen molar-refractivity contribution in [3.8, 4) is 0 Å². The van der Waals surface area contributed by atoms with Gasteiger partial charge < -0.3 is 0 Å². The van der Waals surface area contributed by atoms with E-state index in [0.717, 1.165) is 0 Å². The van der Waals surface area contributed by atoms with Crippen LogP contribution in [0.5, 0.6) is 0 Å². The van der Waals surface area contributed by atoms with Crippen LogP contribution >= 0.6 is 0 Å². The minimum Gasteiger partial charge on any atom is -0.295 e. The molecule has 0 radical (unpaired) electrons. The van der Waals surface area contributed by atoms with Crippen molar-refractivity contribution in [1.82, 2.24) is 0 Å². The van der Waals surface area contributed by atoms with Crippen molar-refractivity contribution in [2.24, 2.45) is 0 Å². The van der Waals surface area contributed by atoms with Crippen LogP contribution in [0.4, 0.5) is 13.2 Å². The number of benzene rings is 1. The molecule has 0 saturated heterocycles. The van der Waals surface area contributed by atoms with Gasteiger partial charge in [0.25, 0.3) is 0 Å². The van der Waals surface area contributed by atoms with Crippen LogP contribution in [0.15, 0.2) is 12.1 Å². The van der Waals surface area contributed by atoms with Gasteiger partial charge in [0.2, 0.25) is 0 Å². The Labute approximate surface area is 85.9 Å². The maximum Gasteiger partial charge on any atom is 0.416 e. The summed E-state index contributed by atoms with van der Waals surface area (Å²) in [7, 11) is 0. The number of hydrogen-bond donors (Lipinski definition) is 0. The van der Waals surface area contributed by atoms with Crippen LogP contribution in [0.1, 0.15) is 34.0 Å². The van der Waals surface area contributed by atoms with Gasteiger partial charge in [-0.25, -0.2) is 0 Å². The summed E-state index contributed by atoms with van der Waals surface area (Å²) in [6, 6.07) is 2.76. The first-order valence-electron chi connectivity index (χ1n) is 4.43. The van der Waals surface area contributed by atoms with Gasteiger partial charge in [0.05, 0.1) is 5.56 Å². The second kappa shape index (κ2) is 3.68. The molecule has 0 aromatic heterocycles. The van der Waals surface area contributed by atoms with Crippen LogP contribution in [-0.2, 0) is 6.18 Å². The highest BCUT2D eigenvalue weighted by atomic mass is 19.4. The molecule has 1 nitrogen and oxygen atoms in total. The third-order valence-electron chi connectivity index (χ3n) is 2.34. The average molecular weight is 216 g/mol. The number of alkyl halides is 3. The molecule has 0 saturated carbocycles. The molecule has 4 heteroatoms. The highest BCUT2D eigenvalue weighted by Crippen LogP contribution is 2.35. The molecular formula is C11H11F3O. The summed E-state index contributed by atoms with van der Waals surface area (Å²) in [4.78, 5) is 11.1. The SMILES string of the molecule is CC(=O)c1ccc(C)c(C(F)(F)F)c1C. The van der Waals surface area contributed by atoms with Crippen LogP contribution in [0.2, 0.25) is 0 Å². The number of carbonyl (C=O) groups is 1. The minimum absolute atomic E-state index is 0.00926. The van der Waals surface area contributed by atoms with Gasteiger partial charge in [-0.15, -0.1) is 0 Å². The Kier molecular flexibility index (Phi) is 2.88. The molecule has 0 aliphatic heterocycles. The largest absolute Gasteiger partial charge is 0.416 e. The minimum atomic E-state index is -4.40. The Hall–Kier alpha value is -1.32. The number of hydrogen-bond acceptors (Lipinski definition) is 1. The lowest BCUT2D eigenvalue weighted by atomic mass is 9.95. The Morgan fingerprint density at radius 3 is 2.13 bits per heavy atom. The Morgan fingerprint density at radius 1 is 1.20 bits per heavy atom. The van der Waals surface area contributed by atoms with E-state index in [1.807, 2.05) is 0 Å². The van der Waals surface area contributed by atoms with Gasteiger partial charge in [0.1, 0.15) is 0 Å². The molecule has 0 unspecified atom stereocenters. The first-order chi connectivity index (χ1) is 6.75. The topological polar surface area (TPSA) is 17.1 Å². The van der Waals surface area contributed by atoms with Crippen molar-refractivity contribution < 1.29 is 18.0 Å². The van der Waals surface area contributed by atoms with Crippen molar-refractivity contribution in [3.05, 3.63) is 34.4 Å². The zero-order chi connectivity index (χ0) is 11.8. The van der Waals surface area contributed by atoms with E-state index in [1.54, 1.807) is 0 Å². The van der Waals surface area contributed by atoms with E-state index in [0.29, 0.717) is 0 Å². The summed E-state index contributed by atoms with van der Waals surface area (Å²) in [6.07, 6.45) is -4.40. The molecule has 0 bridgehead atoms. The zero-order valence-electron chi connectivity index (χ0n) is 8.70. The molecule has 0 aliphatic rings. The molecule has 0 spiro atoms. The third-order valence-corrected chi connectivity index (χ3v) is 2.34. The molecule has 0 N–H and O–H groups in total. The lowest BCUT2D eigenvalue weighted by Gasteiger charge is -2.15. The summed E-state index contributed by atoms with van der Waals surface area (Å²) in [6.45, 7) is 3.98. The molecule has 1 aromatic rings. The van der Waals surface area contributed by atoms with Crippen LogP contribution in [0.3, 0.4) is 0 Å². The molecule has 1 rings (SSSR count). The molecule has 0 heterocycles. The molecule has 82 valence electrons. The number of ketones is 1. The number of aryl methyl sites for hydroxylation is 1. The van der Waals surface area contributed by atoms with E-state index in [-0.39, 0.29) is 22.5 Å². The van der Waals surface area contributed by atoms with Gasteiger partial charge in [-0.05, 0) is 31.9 Å². The number of Topliss-reactive ketones (excluding diaryl/α,β-unsaturated/α-hetero) is 1. The lowest BCUT2D eigenvalue weighted by molar-refractivity contribution is -0.138. The fourth-order valence-corrected chi connectivity index (χ4v) is 1.66. The van der Waals surface area contributed by atoms with E-state index in [4.69, 9.17) is 0 Å². The van der Waals surface area contributed by atoms with Crippen LogP contribution in [-0.4, -0.2) is 5.78 Å². The van der Waals surface area contributed by atoms with E-state index >= 15 is 0 Å². The monoisotopic (exact) mass is 216 g/mol. The fraction of sp³-hybridized carbons (Fsp3) is 0.364. The second-order valence-corrected chi connectivity index (χ2v) is 3.48. The summed E-state index contributed by atoms with van der Waals surface area (Å²) in [5.74, 6) is -0.349. The van der Waals surface area contributed by atoms with Crippen molar-refractivity contribution in [3.63, 3.8) is 0 Å². The summed E-state index contributed by atoms with van der Waals surface area (Å²) in [5, 5.41) is 0. The quantitative estimate of drug-likeness (QED) is 0.656. The third kappa shape index (κ3) is 2.19. The maximum atomic E-state index is 12.6. The molecule has 0 atom stereocenters. The summed E-state index contributed by atoms with van der Waals surface area (Å²) < 4.78 is 37.9. The van der Waals surface area contributed by atoms with E-state index in [2.05, 4.69) is 0 Å². The number of rotatable bonds is 1. The van der Waals surface area contributed by atoms with Gasteiger partial charge >= 0.3 is 6.18 Å². The predicted molar refractivity (Wildman–Crippen MR) is 50.9 cm³/mol. The van der Waals surface area contributed by atoms with Crippen molar-refractivity contribution in [2.45, 2.75) is 26.9 Å². The molecule has 1 aromatic carbocycles. The summed E-state index contributed by atoms with van der Waals surface area (Å²) >= 11 is 0. The van der Waals surface area contributed by atoms with Gasteiger partial charge in [0.15, 0.2) is 5.78 Å². The predicted octanol–water partition coefficient (Wildman–Crippen LogP) is 3.52. The maximum absolute atomic E-state index is 12.6. The van der Waals surface area contributed by atoms with Gasteiger partial charge in [-0.3, -0.25) is 4.79 Å². The number of halogens is 3. The zero-order valence-corrected chi connectivity index (χ0v) is 8.70. The van der Waals surface area contributed by atoms with E-state index in [9.17, 15) is 18.0 Å². The molecule has 0 fully saturated rings. The average Bonchev–Trinajstić information content (AvgIpc) is 2.00. The van der Waals surface area contributed by atoms with Crippen LogP contribution in [0, 0.1) is 13.8 Å². The molecular weight excluding hydrogens is 205 g/mol. The fourth-order valence-electron chi connectivity index (χ4n) is 1.66. The molecule has 15 heavy (non-hydrogen) atoms. The Balaban J connectivity index is 3.51. The highest BCUT2D eigenvalue weighted by Gasteiger charge is 2.35. The van der Waals surface area contributed by atoms with E-state index in [1.165, 1.54) is 32.9 Å². The van der Waals surface area contributed by atoms with Crippen molar-refractivity contribution >= 4 is 5.78 Å². The Bertz CT molecular complexity index is 405. The molecule has 0 aliphatic carbocycles. The second-order valence-electron chi connectivity index (χ2n) is 3.48. The highest BCUT2D eigenvalue weighted by molar-refractivity contribution is 5.96. The first kappa shape index (κ1) is 11.8. The van der Waals surface area contributed by atoms with E-state index < -0.39 is 11.7 Å². The van der Waals surface area contributed by atoms with Crippen LogP contribution in [0.25, 0.3) is 0 Å². The standard InChI is InChI=1S/C11H11F3O/c1-6-4-5-9(8(3)15)7(2)10(6)11(12,13)14/h4-5H,1-3H3. The van der Waals surface area contributed by atoms with Gasteiger partial charge in [0, 0.05) is 5.56 Å². The first-order valence-corrected chi connectivity index (χ1v) is 4.43. The normalized spacial score (nSPS) is 11.6. The van der Waals surface area contributed by atoms with Crippen molar-refractivity contribution in [1.29, 1.82) is 0 Å². The summed E-state index contributed by atoms with van der Waals surface area (Å²) in [5.41, 5.74) is -0.414. The van der Waals surface area contributed by atoms with Crippen LogP contribution < -0.4 is 0 Å².